The number of rotatable bonds is 5. The highest BCUT2D eigenvalue weighted by molar-refractivity contribution is 7.89. The largest absolute Gasteiger partial charge is 0.325 e. The number of carbonyl (C=O) groups excluding carboxylic acids is 1. The van der Waals surface area contributed by atoms with Gasteiger partial charge in [0.15, 0.2) is 0 Å². The number of hydrogen-bond donors (Lipinski definition) is 2. The number of aryl methyl sites for hydroxylation is 1. The summed E-state index contributed by atoms with van der Waals surface area (Å²) in [5, 5.41) is 10.3. The molecule has 0 aliphatic carbocycles. The summed E-state index contributed by atoms with van der Waals surface area (Å²) >= 11 is 1.76. The van der Waals surface area contributed by atoms with E-state index in [-0.39, 0.29) is 23.4 Å². The zero-order chi connectivity index (χ0) is 22.2. The smallest absolute Gasteiger partial charge is 0.238 e. The van der Waals surface area contributed by atoms with Crippen LogP contribution in [0.2, 0.25) is 0 Å². The summed E-state index contributed by atoms with van der Waals surface area (Å²) < 4.78 is 23.6. The molecular formula is C23H25N3O3S2. The van der Waals surface area contributed by atoms with Crippen molar-refractivity contribution in [2.24, 2.45) is 5.14 Å². The van der Waals surface area contributed by atoms with E-state index in [1.807, 2.05) is 25.1 Å². The molecule has 1 atom stereocenters. The number of nitrogens with zero attached hydrogens (tertiary/aromatic N) is 1. The molecule has 162 valence electrons. The molecule has 3 aromatic rings. The molecule has 8 heteroatoms. The maximum Gasteiger partial charge on any atom is 0.238 e. The van der Waals surface area contributed by atoms with Gasteiger partial charge in [-0.25, -0.2) is 13.6 Å². The van der Waals surface area contributed by atoms with E-state index in [0.29, 0.717) is 5.69 Å². The number of carbonyl (C=O) groups is 1. The second-order valence-electron chi connectivity index (χ2n) is 7.84. The molecule has 2 aromatic carbocycles. The van der Waals surface area contributed by atoms with Crippen molar-refractivity contribution in [1.29, 1.82) is 0 Å². The number of anilines is 1. The Bertz CT molecular complexity index is 1220. The van der Waals surface area contributed by atoms with Crippen LogP contribution in [0, 0.1) is 13.8 Å². The molecular weight excluding hydrogens is 430 g/mol. The molecule has 0 unspecified atom stereocenters. The first-order valence-corrected chi connectivity index (χ1v) is 12.5. The van der Waals surface area contributed by atoms with Crippen LogP contribution in [0.1, 0.15) is 33.2 Å². The third-order valence-corrected chi connectivity index (χ3v) is 7.66. The molecule has 31 heavy (non-hydrogen) atoms. The topological polar surface area (TPSA) is 92.5 Å². The lowest BCUT2D eigenvalue weighted by Crippen LogP contribution is -2.40. The fourth-order valence-corrected chi connectivity index (χ4v) is 5.59. The predicted molar refractivity (Wildman–Crippen MR) is 124 cm³/mol. The number of nitrogens with one attached hydrogen (secondary N) is 1. The quantitative estimate of drug-likeness (QED) is 0.615. The van der Waals surface area contributed by atoms with Crippen molar-refractivity contribution in [3.05, 3.63) is 81.0 Å². The molecule has 4 rings (SSSR count). The molecule has 3 N–H and O–H groups in total. The van der Waals surface area contributed by atoms with Crippen molar-refractivity contribution in [3.8, 4) is 0 Å². The number of fused-ring (bicyclic) bond motifs is 1. The van der Waals surface area contributed by atoms with Gasteiger partial charge in [0.2, 0.25) is 15.9 Å². The second-order valence-corrected chi connectivity index (χ2v) is 10.4. The van der Waals surface area contributed by atoms with E-state index in [0.717, 1.165) is 29.7 Å². The van der Waals surface area contributed by atoms with E-state index in [1.54, 1.807) is 18.3 Å². The van der Waals surface area contributed by atoms with Gasteiger partial charge in [0.1, 0.15) is 0 Å². The number of nitrogens with two attached hydrogens (primary N) is 1. The van der Waals surface area contributed by atoms with Crippen LogP contribution in [-0.4, -0.2) is 32.3 Å². The van der Waals surface area contributed by atoms with E-state index in [1.165, 1.54) is 22.6 Å². The number of sulfonamides is 1. The van der Waals surface area contributed by atoms with Gasteiger partial charge in [0, 0.05) is 17.1 Å². The Hall–Kier alpha value is -2.52. The van der Waals surface area contributed by atoms with Gasteiger partial charge in [0.25, 0.3) is 0 Å². The lowest BCUT2D eigenvalue weighted by atomic mass is 9.93. The first-order chi connectivity index (χ1) is 14.7. The molecule has 0 radical (unpaired) electrons. The van der Waals surface area contributed by atoms with Crippen molar-refractivity contribution in [3.63, 3.8) is 0 Å². The molecule has 1 amide bonds. The van der Waals surface area contributed by atoms with Crippen LogP contribution in [0.4, 0.5) is 5.69 Å². The van der Waals surface area contributed by atoms with Crippen LogP contribution in [0.15, 0.2) is 58.8 Å². The molecule has 1 aliphatic rings. The summed E-state index contributed by atoms with van der Waals surface area (Å²) in [6, 6.07) is 15.3. The Morgan fingerprint density at radius 2 is 1.94 bits per heavy atom. The van der Waals surface area contributed by atoms with Gasteiger partial charge in [0.05, 0.1) is 17.5 Å². The highest BCUT2D eigenvalue weighted by atomic mass is 32.2. The molecule has 0 spiro atoms. The van der Waals surface area contributed by atoms with Crippen LogP contribution in [0.25, 0.3) is 0 Å². The summed E-state index contributed by atoms with van der Waals surface area (Å²) in [7, 11) is -3.86. The Labute approximate surface area is 186 Å². The molecule has 1 aliphatic heterocycles. The molecule has 1 aromatic heterocycles. The van der Waals surface area contributed by atoms with Gasteiger partial charge in [-0.3, -0.25) is 9.69 Å². The Kier molecular flexibility index (Phi) is 5.98. The van der Waals surface area contributed by atoms with Crippen LogP contribution in [0.5, 0.6) is 0 Å². The van der Waals surface area contributed by atoms with Crippen molar-refractivity contribution in [1.82, 2.24) is 4.90 Å². The highest BCUT2D eigenvalue weighted by Crippen LogP contribution is 2.37. The lowest BCUT2D eigenvalue weighted by Gasteiger charge is -2.35. The summed E-state index contributed by atoms with van der Waals surface area (Å²) in [6.45, 7) is 4.62. The zero-order valence-electron chi connectivity index (χ0n) is 17.5. The SMILES string of the molecule is Cc1cc(S(N)(=O)=O)cc(NC(=O)CN2CCc3sccc3[C@@H]2c2ccccc2)c1C. The molecule has 2 heterocycles. The minimum absolute atomic E-state index is 0.00560. The Morgan fingerprint density at radius 3 is 2.65 bits per heavy atom. The zero-order valence-corrected chi connectivity index (χ0v) is 19.1. The monoisotopic (exact) mass is 455 g/mol. The summed E-state index contributed by atoms with van der Waals surface area (Å²) in [5.41, 5.74) is 4.44. The highest BCUT2D eigenvalue weighted by Gasteiger charge is 2.30. The van der Waals surface area contributed by atoms with Gasteiger partial charge >= 0.3 is 0 Å². The van der Waals surface area contributed by atoms with Crippen LogP contribution in [-0.2, 0) is 21.2 Å². The first-order valence-electron chi connectivity index (χ1n) is 10.0. The van der Waals surface area contributed by atoms with E-state index < -0.39 is 10.0 Å². The molecule has 0 saturated heterocycles. The normalized spacial score (nSPS) is 16.7. The van der Waals surface area contributed by atoms with E-state index in [4.69, 9.17) is 5.14 Å². The summed E-state index contributed by atoms with van der Waals surface area (Å²) in [4.78, 5) is 16.5. The summed E-state index contributed by atoms with van der Waals surface area (Å²) in [5.74, 6) is -0.186. The van der Waals surface area contributed by atoms with E-state index in [2.05, 4.69) is 33.8 Å². The van der Waals surface area contributed by atoms with Gasteiger partial charge in [-0.05, 0) is 66.1 Å². The van der Waals surface area contributed by atoms with Gasteiger partial charge < -0.3 is 5.32 Å². The van der Waals surface area contributed by atoms with Crippen molar-refractivity contribution in [2.45, 2.75) is 31.2 Å². The van der Waals surface area contributed by atoms with Crippen molar-refractivity contribution >= 4 is 33.0 Å². The van der Waals surface area contributed by atoms with Crippen LogP contribution >= 0.6 is 11.3 Å². The number of amides is 1. The second kappa shape index (κ2) is 8.55. The maximum atomic E-state index is 13.0. The fraction of sp³-hybridized carbons (Fsp3) is 0.261. The average Bonchev–Trinajstić information content (AvgIpc) is 3.19. The summed E-state index contributed by atoms with van der Waals surface area (Å²) in [6.07, 6.45) is 0.905. The third kappa shape index (κ3) is 4.57. The predicted octanol–water partition coefficient (Wildman–Crippen LogP) is 3.60. The van der Waals surface area contributed by atoms with Crippen LogP contribution < -0.4 is 10.5 Å². The van der Waals surface area contributed by atoms with Crippen molar-refractivity contribution in [2.75, 3.05) is 18.4 Å². The molecule has 0 bridgehead atoms. The fourth-order valence-electron chi connectivity index (χ4n) is 4.06. The minimum Gasteiger partial charge on any atom is -0.325 e. The van der Waals surface area contributed by atoms with Gasteiger partial charge in [-0.15, -0.1) is 11.3 Å². The van der Waals surface area contributed by atoms with Gasteiger partial charge in [-0.2, -0.15) is 0 Å². The molecule has 0 fully saturated rings. The molecule has 0 saturated carbocycles. The number of primary sulfonamides is 1. The lowest BCUT2D eigenvalue weighted by molar-refractivity contribution is -0.117. The Balaban J connectivity index is 1.59. The number of thiophene rings is 1. The average molecular weight is 456 g/mol. The van der Waals surface area contributed by atoms with Crippen LogP contribution in [0.3, 0.4) is 0 Å². The maximum absolute atomic E-state index is 13.0. The number of benzene rings is 2. The van der Waals surface area contributed by atoms with E-state index in [9.17, 15) is 13.2 Å². The van der Waals surface area contributed by atoms with E-state index >= 15 is 0 Å². The minimum atomic E-state index is -3.86. The Morgan fingerprint density at radius 1 is 1.19 bits per heavy atom. The standard InChI is InChI=1S/C23H25N3O3S2/c1-15-12-18(31(24,28)29)13-20(16(15)2)25-22(27)14-26-10-8-21-19(9-11-30-21)23(26)17-6-4-3-5-7-17/h3-7,9,11-13,23H,8,10,14H2,1-2H3,(H,25,27)(H2,24,28,29)/t23-/m0/s1. The third-order valence-electron chi connectivity index (χ3n) is 5.77. The molecule has 6 nitrogen and oxygen atoms in total. The van der Waals surface area contributed by atoms with Gasteiger partial charge in [-0.1, -0.05) is 30.3 Å². The number of hydrogen-bond acceptors (Lipinski definition) is 5. The van der Waals surface area contributed by atoms with Crippen molar-refractivity contribution < 1.29 is 13.2 Å². The first kappa shape index (κ1) is 21.7.